The highest BCUT2D eigenvalue weighted by atomic mass is 32.3. The molecule has 1 fully saturated rings. The first kappa shape index (κ1) is 8.89. The van der Waals surface area contributed by atoms with Gasteiger partial charge in [-0.3, -0.25) is 0 Å². The van der Waals surface area contributed by atoms with Crippen molar-refractivity contribution in [3.63, 3.8) is 0 Å². The van der Waals surface area contributed by atoms with Gasteiger partial charge in [0, 0.05) is 13.1 Å². The van der Waals surface area contributed by atoms with Crippen molar-refractivity contribution in [2.45, 2.75) is 18.9 Å². The fourth-order valence-electron chi connectivity index (χ4n) is 1.09. The number of aliphatic hydroxyl groups is 1. The molecule has 11 heavy (non-hydrogen) atoms. The molecule has 0 bridgehead atoms. The summed E-state index contributed by atoms with van der Waals surface area (Å²) in [4.78, 5) is 0. The summed E-state index contributed by atoms with van der Waals surface area (Å²) in [6.07, 6.45) is 0.288. The van der Waals surface area contributed by atoms with Crippen LogP contribution in [0.15, 0.2) is 0 Å². The largest absolute Gasteiger partial charge is 0.389 e. The number of nitrogens with zero attached hydrogens (tertiary/aromatic N) is 1. The molecule has 6 heteroatoms. The number of β-amino-alcohol motifs (C(OH)–C–C–N with tert-alkyl or cyclic N) is 1. The topological polar surface area (TPSA) is 57.6 Å². The Kier molecular flexibility index (Phi) is 1.94. The molecule has 0 radical (unpaired) electrons. The molecule has 0 spiro atoms. The highest BCUT2D eigenvalue weighted by Crippen LogP contribution is 2.23. The zero-order valence-corrected chi connectivity index (χ0v) is 6.93. The molecular weight excluding hydrogens is 173 g/mol. The summed E-state index contributed by atoms with van der Waals surface area (Å²) < 4.78 is 33.4. The van der Waals surface area contributed by atoms with Crippen LogP contribution in [0.25, 0.3) is 0 Å². The quantitative estimate of drug-likeness (QED) is 0.566. The summed E-state index contributed by atoms with van der Waals surface area (Å²) in [5, 5.41) is 9.26. The van der Waals surface area contributed by atoms with Gasteiger partial charge >= 0.3 is 10.4 Å². The lowest BCUT2D eigenvalue weighted by molar-refractivity contribution is 0.0758. The van der Waals surface area contributed by atoms with Gasteiger partial charge in [0.05, 0.1) is 5.60 Å². The molecule has 1 heterocycles. The number of hydrogen-bond donors (Lipinski definition) is 1. The predicted molar refractivity (Wildman–Crippen MR) is 36.8 cm³/mol. The minimum atomic E-state index is -4.60. The molecule has 0 aliphatic carbocycles. The standard InChI is InChI=1S/C5H10FNO3S/c1-5(8)2-3-7(4-5)11(6,9)10/h8H,2-4H2,1H3. The third-order valence-electron chi connectivity index (χ3n) is 1.73. The first-order valence-electron chi connectivity index (χ1n) is 3.23. The van der Waals surface area contributed by atoms with E-state index in [-0.39, 0.29) is 19.5 Å². The summed E-state index contributed by atoms with van der Waals surface area (Å²) in [5.74, 6) is 0. The van der Waals surface area contributed by atoms with E-state index < -0.39 is 16.0 Å². The maximum Gasteiger partial charge on any atom is 0.374 e. The van der Waals surface area contributed by atoms with Crippen molar-refractivity contribution in [1.29, 1.82) is 0 Å². The van der Waals surface area contributed by atoms with Gasteiger partial charge < -0.3 is 5.11 Å². The Morgan fingerprint density at radius 1 is 1.64 bits per heavy atom. The van der Waals surface area contributed by atoms with E-state index in [2.05, 4.69) is 0 Å². The van der Waals surface area contributed by atoms with Crippen LogP contribution < -0.4 is 0 Å². The second-order valence-electron chi connectivity index (χ2n) is 3.02. The van der Waals surface area contributed by atoms with Gasteiger partial charge in [-0.1, -0.05) is 3.89 Å². The maximum absolute atomic E-state index is 12.2. The van der Waals surface area contributed by atoms with E-state index in [1.807, 2.05) is 0 Å². The van der Waals surface area contributed by atoms with Gasteiger partial charge in [-0.15, -0.1) is 0 Å². The molecule has 1 N–H and O–H groups in total. The molecule has 0 amide bonds. The first-order chi connectivity index (χ1) is 4.81. The number of rotatable bonds is 1. The SMILES string of the molecule is CC1(O)CCN(S(=O)(=O)F)C1. The normalized spacial score (nSPS) is 34.5. The zero-order valence-electron chi connectivity index (χ0n) is 6.12. The van der Waals surface area contributed by atoms with Crippen LogP contribution in [0.2, 0.25) is 0 Å². The van der Waals surface area contributed by atoms with Crippen molar-refractivity contribution < 1.29 is 17.4 Å². The Hall–Kier alpha value is -0.200. The Balaban J connectivity index is 2.71. The van der Waals surface area contributed by atoms with E-state index in [0.717, 1.165) is 0 Å². The van der Waals surface area contributed by atoms with Gasteiger partial charge in [0.1, 0.15) is 0 Å². The summed E-state index contributed by atoms with van der Waals surface area (Å²) in [7, 11) is -4.60. The Labute approximate surface area is 65.0 Å². The van der Waals surface area contributed by atoms with Crippen molar-refractivity contribution in [2.24, 2.45) is 0 Å². The molecule has 1 rings (SSSR count). The van der Waals surface area contributed by atoms with E-state index in [4.69, 9.17) is 0 Å². The fourth-order valence-corrected chi connectivity index (χ4v) is 1.83. The van der Waals surface area contributed by atoms with Crippen molar-refractivity contribution in [3.8, 4) is 0 Å². The minimum absolute atomic E-state index is 0.0613. The maximum atomic E-state index is 12.2. The van der Waals surface area contributed by atoms with Crippen molar-refractivity contribution in [3.05, 3.63) is 0 Å². The van der Waals surface area contributed by atoms with Gasteiger partial charge in [0.2, 0.25) is 0 Å². The van der Waals surface area contributed by atoms with Crippen LogP contribution in [-0.4, -0.2) is 36.5 Å². The smallest absolute Gasteiger partial charge is 0.374 e. The van der Waals surface area contributed by atoms with Gasteiger partial charge in [-0.25, -0.2) is 0 Å². The third kappa shape index (κ3) is 2.11. The third-order valence-corrected chi connectivity index (χ3v) is 2.65. The summed E-state index contributed by atoms with van der Waals surface area (Å²) in [5.41, 5.74) is -1.07. The predicted octanol–water partition coefficient (Wildman–Crippen LogP) is -0.343. The van der Waals surface area contributed by atoms with Gasteiger partial charge in [0.15, 0.2) is 0 Å². The van der Waals surface area contributed by atoms with Gasteiger partial charge in [-0.2, -0.15) is 12.7 Å². The highest BCUT2D eigenvalue weighted by molar-refractivity contribution is 7.83. The van der Waals surface area contributed by atoms with E-state index in [1.165, 1.54) is 6.92 Å². The van der Waals surface area contributed by atoms with Crippen LogP contribution in [0.5, 0.6) is 0 Å². The summed E-state index contributed by atoms with van der Waals surface area (Å²) >= 11 is 0. The zero-order chi connectivity index (χ0) is 8.70. The second kappa shape index (κ2) is 2.40. The first-order valence-corrected chi connectivity index (χ1v) is 4.57. The van der Waals surface area contributed by atoms with Crippen molar-refractivity contribution >= 4 is 10.4 Å². The monoisotopic (exact) mass is 183 g/mol. The lowest BCUT2D eigenvalue weighted by atomic mass is 10.1. The van der Waals surface area contributed by atoms with Gasteiger partial charge in [0.25, 0.3) is 0 Å². The van der Waals surface area contributed by atoms with Crippen LogP contribution in [0.4, 0.5) is 3.89 Å². The minimum Gasteiger partial charge on any atom is -0.389 e. The fraction of sp³-hybridized carbons (Fsp3) is 1.00. The average molecular weight is 183 g/mol. The molecule has 0 aromatic heterocycles. The Bertz CT molecular complexity index is 248. The molecule has 0 aromatic rings. The second-order valence-corrected chi connectivity index (χ2v) is 4.36. The van der Waals surface area contributed by atoms with Crippen LogP contribution in [0.1, 0.15) is 13.3 Å². The Morgan fingerprint density at radius 3 is 2.36 bits per heavy atom. The van der Waals surface area contributed by atoms with E-state index >= 15 is 0 Å². The summed E-state index contributed by atoms with van der Waals surface area (Å²) in [6.45, 7) is 1.40. The van der Waals surface area contributed by atoms with Gasteiger partial charge in [-0.05, 0) is 13.3 Å². The summed E-state index contributed by atoms with van der Waals surface area (Å²) in [6, 6.07) is 0. The molecule has 66 valence electrons. The molecule has 4 nitrogen and oxygen atoms in total. The number of halogens is 1. The lowest BCUT2D eigenvalue weighted by Gasteiger charge is -2.14. The molecule has 0 aromatic carbocycles. The molecule has 0 saturated carbocycles. The molecular formula is C5H10FNO3S. The van der Waals surface area contributed by atoms with E-state index in [0.29, 0.717) is 4.31 Å². The highest BCUT2D eigenvalue weighted by Gasteiger charge is 2.37. The molecule has 1 saturated heterocycles. The molecule has 1 unspecified atom stereocenters. The molecule has 1 aliphatic heterocycles. The van der Waals surface area contributed by atoms with E-state index in [9.17, 15) is 17.4 Å². The lowest BCUT2D eigenvalue weighted by Crippen LogP contribution is -2.31. The van der Waals surface area contributed by atoms with E-state index in [1.54, 1.807) is 0 Å². The van der Waals surface area contributed by atoms with Crippen molar-refractivity contribution in [2.75, 3.05) is 13.1 Å². The van der Waals surface area contributed by atoms with Crippen LogP contribution in [0, 0.1) is 0 Å². The van der Waals surface area contributed by atoms with Crippen molar-refractivity contribution in [1.82, 2.24) is 4.31 Å². The Morgan fingerprint density at radius 2 is 2.18 bits per heavy atom. The molecule has 1 aliphatic rings. The molecule has 1 atom stereocenters. The van der Waals surface area contributed by atoms with Crippen LogP contribution in [-0.2, 0) is 10.4 Å². The van der Waals surface area contributed by atoms with Crippen LogP contribution in [0.3, 0.4) is 0 Å². The van der Waals surface area contributed by atoms with Crippen LogP contribution >= 0.6 is 0 Å². The average Bonchev–Trinajstić information content (AvgIpc) is 2.07. The number of hydrogen-bond acceptors (Lipinski definition) is 3.